The maximum absolute atomic E-state index is 12.3. The molecule has 1 aromatic heterocycles. The van der Waals surface area contributed by atoms with Crippen molar-refractivity contribution in [3.8, 4) is 16.2 Å². The van der Waals surface area contributed by atoms with Gasteiger partial charge in [0.2, 0.25) is 0 Å². The number of carbonyl (C=O) groups excluding carboxylic acids is 1. The van der Waals surface area contributed by atoms with Crippen LogP contribution in [0, 0.1) is 0 Å². The largest absolute Gasteiger partial charge is 0.488 e. The van der Waals surface area contributed by atoms with Gasteiger partial charge < -0.3 is 15.2 Å². The molecule has 6 heteroatoms. The second kappa shape index (κ2) is 8.16. The number of nitrogens with one attached hydrogen (secondary N) is 1. The highest BCUT2D eigenvalue weighted by molar-refractivity contribution is 7.17. The predicted molar refractivity (Wildman–Crippen MR) is 97.1 cm³/mol. The first-order chi connectivity index (χ1) is 12.1. The first-order valence-electron chi connectivity index (χ1n) is 8.50. The first-order valence-corrected chi connectivity index (χ1v) is 9.31. The molecule has 5 nitrogen and oxygen atoms in total. The summed E-state index contributed by atoms with van der Waals surface area (Å²) in [5, 5.41) is 11.5. The van der Waals surface area contributed by atoms with Crippen LogP contribution in [0.1, 0.15) is 47.3 Å². The molecule has 0 unspecified atom stereocenters. The molecule has 1 aliphatic rings. The van der Waals surface area contributed by atoms with Crippen LogP contribution in [-0.2, 0) is 11.4 Å². The Morgan fingerprint density at radius 3 is 2.80 bits per heavy atom. The number of fused-ring (bicyclic) bond motifs is 3. The molecule has 0 radical (unpaired) electrons. The molecular weight excluding hydrogens is 338 g/mol. The molecule has 0 atom stereocenters. The normalized spacial score (nSPS) is 12.0. The van der Waals surface area contributed by atoms with Crippen molar-refractivity contribution in [1.29, 1.82) is 0 Å². The fourth-order valence-corrected chi connectivity index (χ4v) is 3.97. The predicted octanol–water partition coefficient (Wildman–Crippen LogP) is 4.07. The van der Waals surface area contributed by atoms with Gasteiger partial charge in [0, 0.05) is 29.0 Å². The zero-order valence-electron chi connectivity index (χ0n) is 13.9. The molecule has 3 rings (SSSR count). The third-order valence-corrected chi connectivity index (χ3v) is 5.36. The Kier molecular flexibility index (Phi) is 5.71. The SMILES string of the molecule is O=C(O)CCCCCCNC(=O)c1cc2c(s1)-c1ccccc1OC2. The Morgan fingerprint density at radius 2 is 1.96 bits per heavy atom. The van der Waals surface area contributed by atoms with E-state index < -0.39 is 5.97 Å². The number of unbranched alkanes of at least 4 members (excludes halogenated alkanes) is 3. The summed E-state index contributed by atoms with van der Waals surface area (Å²) in [6.45, 7) is 1.11. The lowest BCUT2D eigenvalue weighted by molar-refractivity contribution is -0.137. The van der Waals surface area contributed by atoms with E-state index in [2.05, 4.69) is 5.32 Å². The smallest absolute Gasteiger partial charge is 0.303 e. The summed E-state index contributed by atoms with van der Waals surface area (Å²) < 4.78 is 5.73. The fourth-order valence-electron chi connectivity index (χ4n) is 2.86. The van der Waals surface area contributed by atoms with Gasteiger partial charge in [-0.3, -0.25) is 9.59 Å². The van der Waals surface area contributed by atoms with Gasteiger partial charge in [-0.2, -0.15) is 0 Å². The van der Waals surface area contributed by atoms with Crippen LogP contribution in [0.25, 0.3) is 10.4 Å². The van der Waals surface area contributed by atoms with Gasteiger partial charge in [-0.15, -0.1) is 11.3 Å². The topological polar surface area (TPSA) is 75.6 Å². The number of carboxylic acid groups (broad SMARTS) is 1. The third-order valence-electron chi connectivity index (χ3n) is 4.15. The third kappa shape index (κ3) is 4.39. The number of carboxylic acids is 1. The van der Waals surface area contributed by atoms with Crippen molar-refractivity contribution < 1.29 is 19.4 Å². The van der Waals surface area contributed by atoms with E-state index in [4.69, 9.17) is 9.84 Å². The summed E-state index contributed by atoms with van der Waals surface area (Å²) in [5.41, 5.74) is 2.11. The number of aliphatic carboxylic acids is 1. The number of para-hydroxylation sites is 1. The highest BCUT2D eigenvalue weighted by Gasteiger charge is 2.22. The second-order valence-corrected chi connectivity index (χ2v) is 7.12. The van der Waals surface area contributed by atoms with Gasteiger partial charge in [0.25, 0.3) is 5.91 Å². The van der Waals surface area contributed by atoms with E-state index in [1.54, 1.807) is 0 Å². The molecule has 0 fully saturated rings. The summed E-state index contributed by atoms with van der Waals surface area (Å²) in [4.78, 5) is 24.6. The molecule has 2 N–H and O–H groups in total. The number of hydrogen-bond donors (Lipinski definition) is 2. The van der Waals surface area contributed by atoms with Gasteiger partial charge in [0.1, 0.15) is 12.4 Å². The molecule has 0 aliphatic carbocycles. The lowest BCUT2D eigenvalue weighted by atomic mass is 10.1. The van der Waals surface area contributed by atoms with E-state index in [0.29, 0.717) is 24.4 Å². The Bertz CT molecular complexity index is 769. The van der Waals surface area contributed by atoms with Crippen LogP contribution in [0.3, 0.4) is 0 Å². The summed E-state index contributed by atoms with van der Waals surface area (Å²) in [6.07, 6.45) is 3.58. The molecule has 1 aliphatic heterocycles. The van der Waals surface area contributed by atoms with Crippen molar-refractivity contribution in [2.24, 2.45) is 0 Å². The summed E-state index contributed by atoms with van der Waals surface area (Å²) in [5.74, 6) is 0.0631. The van der Waals surface area contributed by atoms with Gasteiger partial charge >= 0.3 is 5.97 Å². The standard InChI is InChI=1S/C19H21NO4S/c21-17(22)9-3-1-2-6-10-20-19(23)16-11-13-12-24-15-8-5-4-7-14(15)18(13)25-16/h4-5,7-8,11H,1-3,6,9-10,12H2,(H,20,23)(H,21,22). The number of rotatable bonds is 8. The number of benzene rings is 1. The quantitative estimate of drug-likeness (QED) is 0.697. The van der Waals surface area contributed by atoms with Crippen LogP contribution in [0.2, 0.25) is 0 Å². The Balaban J connectivity index is 1.50. The average Bonchev–Trinajstić information content (AvgIpc) is 3.05. The van der Waals surface area contributed by atoms with Crippen LogP contribution >= 0.6 is 11.3 Å². The Labute approximate surface area is 150 Å². The number of amides is 1. The lowest BCUT2D eigenvalue weighted by Crippen LogP contribution is -2.23. The number of carbonyl (C=O) groups is 2. The Morgan fingerprint density at radius 1 is 1.16 bits per heavy atom. The zero-order valence-corrected chi connectivity index (χ0v) is 14.7. The maximum atomic E-state index is 12.3. The van der Waals surface area contributed by atoms with E-state index in [-0.39, 0.29) is 12.3 Å². The van der Waals surface area contributed by atoms with Crippen LogP contribution in [0.5, 0.6) is 5.75 Å². The molecule has 132 valence electrons. The fraction of sp³-hybridized carbons (Fsp3) is 0.368. The minimum atomic E-state index is -0.750. The van der Waals surface area contributed by atoms with Crippen molar-refractivity contribution >= 4 is 23.2 Å². The van der Waals surface area contributed by atoms with Crippen LogP contribution in [0.15, 0.2) is 30.3 Å². The summed E-state index contributed by atoms with van der Waals surface area (Å²) in [6, 6.07) is 9.80. The zero-order chi connectivity index (χ0) is 17.6. The molecule has 0 spiro atoms. The van der Waals surface area contributed by atoms with Crippen molar-refractivity contribution in [1.82, 2.24) is 5.32 Å². The number of ether oxygens (including phenoxy) is 1. The molecule has 0 bridgehead atoms. The van der Waals surface area contributed by atoms with E-state index in [1.807, 2.05) is 30.3 Å². The van der Waals surface area contributed by atoms with Gasteiger partial charge in [-0.05, 0) is 31.0 Å². The van der Waals surface area contributed by atoms with Crippen LogP contribution < -0.4 is 10.1 Å². The van der Waals surface area contributed by atoms with Crippen molar-refractivity contribution in [2.75, 3.05) is 6.54 Å². The Hall–Kier alpha value is -2.34. The van der Waals surface area contributed by atoms with Gasteiger partial charge in [0.15, 0.2) is 0 Å². The monoisotopic (exact) mass is 359 g/mol. The van der Waals surface area contributed by atoms with E-state index in [0.717, 1.165) is 41.0 Å². The molecule has 25 heavy (non-hydrogen) atoms. The summed E-state index contributed by atoms with van der Waals surface area (Å²) >= 11 is 1.50. The van der Waals surface area contributed by atoms with Crippen molar-refractivity contribution in [2.45, 2.75) is 38.7 Å². The highest BCUT2D eigenvalue weighted by atomic mass is 32.1. The molecule has 2 aromatic rings. The van der Waals surface area contributed by atoms with Crippen molar-refractivity contribution in [3.05, 3.63) is 40.8 Å². The van der Waals surface area contributed by atoms with E-state index in [1.165, 1.54) is 11.3 Å². The molecular formula is C19H21NO4S. The van der Waals surface area contributed by atoms with Gasteiger partial charge in [-0.25, -0.2) is 0 Å². The molecule has 0 saturated heterocycles. The van der Waals surface area contributed by atoms with E-state index >= 15 is 0 Å². The highest BCUT2D eigenvalue weighted by Crippen LogP contribution is 2.42. The number of hydrogen-bond acceptors (Lipinski definition) is 4. The molecule has 0 saturated carbocycles. The van der Waals surface area contributed by atoms with Gasteiger partial charge in [0.05, 0.1) is 4.88 Å². The second-order valence-electron chi connectivity index (χ2n) is 6.06. The lowest BCUT2D eigenvalue weighted by Gasteiger charge is -2.16. The van der Waals surface area contributed by atoms with E-state index in [9.17, 15) is 9.59 Å². The van der Waals surface area contributed by atoms with Gasteiger partial charge in [-0.1, -0.05) is 25.0 Å². The maximum Gasteiger partial charge on any atom is 0.303 e. The minimum absolute atomic E-state index is 0.0533. The molecule has 1 aromatic carbocycles. The molecule has 2 heterocycles. The number of thiophene rings is 1. The average molecular weight is 359 g/mol. The van der Waals surface area contributed by atoms with Crippen LogP contribution in [-0.4, -0.2) is 23.5 Å². The molecule has 1 amide bonds. The first kappa shape index (κ1) is 17.5. The van der Waals surface area contributed by atoms with Crippen LogP contribution in [0.4, 0.5) is 0 Å². The minimum Gasteiger partial charge on any atom is -0.488 e. The van der Waals surface area contributed by atoms with Crippen molar-refractivity contribution in [3.63, 3.8) is 0 Å². The summed E-state index contributed by atoms with van der Waals surface area (Å²) in [7, 11) is 0.